The van der Waals surface area contributed by atoms with Crippen LogP contribution in [-0.2, 0) is 4.74 Å². The number of amides is 1. The molecule has 190 valence electrons. The summed E-state index contributed by atoms with van der Waals surface area (Å²) < 4.78 is 6.03. The number of carbonyl (C=O) groups is 2. The summed E-state index contributed by atoms with van der Waals surface area (Å²) in [4.78, 5) is 33.8. The van der Waals surface area contributed by atoms with Crippen LogP contribution in [0.25, 0.3) is 16.7 Å². The number of anilines is 1. The van der Waals surface area contributed by atoms with Crippen LogP contribution in [0.15, 0.2) is 89.5 Å². The van der Waals surface area contributed by atoms with E-state index in [9.17, 15) is 20.0 Å². The van der Waals surface area contributed by atoms with Crippen LogP contribution in [0, 0.1) is 11.3 Å². The number of esters is 1. The molecule has 2 aromatic heterocycles. The number of para-hydroxylation sites is 1. The quantitative estimate of drug-likeness (QED) is 0.238. The van der Waals surface area contributed by atoms with Crippen LogP contribution in [0.5, 0.6) is 5.75 Å². The van der Waals surface area contributed by atoms with Crippen LogP contribution in [0.1, 0.15) is 26.3 Å². The molecule has 0 saturated heterocycles. The Morgan fingerprint density at radius 3 is 2.54 bits per heavy atom. The molecule has 0 aliphatic rings. The number of nitrogens with one attached hydrogen (secondary N) is 1. The van der Waals surface area contributed by atoms with Crippen molar-refractivity contribution in [3.05, 3.63) is 95.9 Å². The van der Waals surface area contributed by atoms with E-state index in [-0.39, 0.29) is 34.1 Å². The molecule has 0 aliphatic heterocycles. The van der Waals surface area contributed by atoms with Crippen LogP contribution >= 0.6 is 0 Å². The van der Waals surface area contributed by atoms with Gasteiger partial charge in [-0.2, -0.15) is 15.0 Å². The highest BCUT2D eigenvalue weighted by Gasteiger charge is 2.22. The van der Waals surface area contributed by atoms with Crippen molar-refractivity contribution in [2.24, 2.45) is 10.2 Å². The third-order valence-corrected chi connectivity index (χ3v) is 5.63. The molecule has 39 heavy (non-hydrogen) atoms. The Morgan fingerprint density at radius 1 is 1.05 bits per heavy atom. The number of hydrogen-bond acceptors (Lipinski definition) is 10. The molecule has 3 aromatic carbocycles. The van der Waals surface area contributed by atoms with Crippen molar-refractivity contribution >= 4 is 39.8 Å². The normalized spacial score (nSPS) is 10.9. The van der Waals surface area contributed by atoms with Gasteiger partial charge in [-0.1, -0.05) is 24.3 Å². The van der Waals surface area contributed by atoms with Crippen LogP contribution < -0.4 is 5.32 Å². The van der Waals surface area contributed by atoms with Gasteiger partial charge in [-0.25, -0.2) is 14.8 Å². The van der Waals surface area contributed by atoms with Crippen LogP contribution in [0.4, 0.5) is 17.2 Å². The Labute approximate surface area is 220 Å². The lowest BCUT2D eigenvalue weighted by Crippen LogP contribution is -2.13. The Bertz CT molecular complexity index is 1780. The minimum Gasteiger partial charge on any atom is -0.505 e. The van der Waals surface area contributed by atoms with Gasteiger partial charge in [0.05, 0.1) is 24.4 Å². The van der Waals surface area contributed by atoms with Gasteiger partial charge in [0.25, 0.3) is 11.9 Å². The SMILES string of the molecule is COC(=O)c1ccc2cc(/N=N/c3c(C#N)cnn3-c3ncccn3)c(O)c(C(=O)Nc3ccccc3)c2c1. The van der Waals surface area contributed by atoms with Gasteiger partial charge in [-0.3, -0.25) is 4.79 Å². The fourth-order valence-electron chi connectivity index (χ4n) is 3.80. The summed E-state index contributed by atoms with van der Waals surface area (Å²) in [6, 6.07) is 18.4. The standard InChI is InChI=1S/C27H18N8O4/c1-39-26(38)17-9-8-16-13-21(23(36)22(20(16)12-17)25(37)32-19-6-3-2-4-7-19)33-34-24-18(14-28)15-31-35(24)27-29-10-5-11-30-27/h2-13,15,36H,1H3,(H,32,37)/b34-33+. The number of carbonyl (C=O) groups excluding carboxylic acids is 2. The first-order valence-corrected chi connectivity index (χ1v) is 11.4. The number of fused-ring (bicyclic) bond motifs is 1. The second kappa shape index (κ2) is 10.6. The van der Waals surface area contributed by atoms with Crippen molar-refractivity contribution in [3.63, 3.8) is 0 Å². The molecule has 0 fully saturated rings. The van der Waals surface area contributed by atoms with Crippen LogP contribution in [-0.4, -0.2) is 43.8 Å². The number of aromatic nitrogens is 4. The molecule has 0 spiro atoms. The first-order valence-electron chi connectivity index (χ1n) is 11.4. The highest BCUT2D eigenvalue weighted by atomic mass is 16.5. The van der Waals surface area contributed by atoms with E-state index in [0.717, 1.165) is 0 Å². The summed E-state index contributed by atoms with van der Waals surface area (Å²) >= 11 is 0. The van der Waals surface area contributed by atoms with Gasteiger partial charge < -0.3 is 15.2 Å². The van der Waals surface area contributed by atoms with Gasteiger partial charge in [0.2, 0.25) is 0 Å². The highest BCUT2D eigenvalue weighted by molar-refractivity contribution is 6.17. The average molecular weight is 518 g/mol. The Morgan fingerprint density at radius 2 is 1.82 bits per heavy atom. The van der Waals surface area contributed by atoms with E-state index in [1.807, 2.05) is 6.07 Å². The molecule has 5 rings (SSSR count). The molecule has 2 N–H and O–H groups in total. The number of phenols is 1. The maximum Gasteiger partial charge on any atom is 0.337 e. The number of benzene rings is 3. The van der Waals surface area contributed by atoms with E-state index in [2.05, 4.69) is 30.6 Å². The molecule has 0 aliphatic carbocycles. The number of nitriles is 1. The van der Waals surface area contributed by atoms with Crippen molar-refractivity contribution in [1.82, 2.24) is 19.7 Å². The fraction of sp³-hybridized carbons (Fsp3) is 0.0370. The fourth-order valence-corrected chi connectivity index (χ4v) is 3.80. The third kappa shape index (κ3) is 4.87. The Hall–Kier alpha value is -5.96. The minimum atomic E-state index is -0.636. The second-order valence-corrected chi connectivity index (χ2v) is 8.02. The zero-order chi connectivity index (χ0) is 27.4. The van der Waals surface area contributed by atoms with Gasteiger partial charge in [0.15, 0.2) is 11.6 Å². The molecular formula is C27H18N8O4. The number of nitrogens with zero attached hydrogens (tertiary/aromatic N) is 7. The first kappa shape index (κ1) is 24.7. The predicted molar refractivity (Wildman–Crippen MR) is 139 cm³/mol. The zero-order valence-electron chi connectivity index (χ0n) is 20.3. The number of phenolic OH excluding ortho intramolecular Hbond substituents is 1. The number of ether oxygens (including phenoxy) is 1. The van der Waals surface area contributed by atoms with Crippen molar-refractivity contribution in [2.45, 2.75) is 0 Å². The van der Waals surface area contributed by atoms with Crippen molar-refractivity contribution in [2.75, 3.05) is 12.4 Å². The molecule has 0 unspecified atom stereocenters. The molecule has 2 heterocycles. The van der Waals surface area contributed by atoms with Gasteiger partial charge in [0.1, 0.15) is 17.3 Å². The highest BCUT2D eigenvalue weighted by Crippen LogP contribution is 2.39. The lowest BCUT2D eigenvalue weighted by atomic mass is 9.99. The van der Waals surface area contributed by atoms with E-state index < -0.39 is 17.6 Å². The molecule has 0 bridgehead atoms. The summed E-state index contributed by atoms with van der Waals surface area (Å²) in [7, 11) is 1.25. The lowest BCUT2D eigenvalue weighted by Gasteiger charge is -2.13. The van der Waals surface area contributed by atoms with Crippen molar-refractivity contribution in [1.29, 1.82) is 5.26 Å². The summed E-state index contributed by atoms with van der Waals surface area (Å²) in [6.07, 6.45) is 4.30. The minimum absolute atomic E-state index is 0.0273. The summed E-state index contributed by atoms with van der Waals surface area (Å²) in [6.45, 7) is 0. The number of hydrogen-bond donors (Lipinski definition) is 2. The molecule has 12 heteroatoms. The monoisotopic (exact) mass is 518 g/mol. The van der Waals surface area contributed by atoms with Crippen LogP contribution in [0.2, 0.25) is 0 Å². The average Bonchev–Trinajstić information content (AvgIpc) is 3.39. The largest absolute Gasteiger partial charge is 0.505 e. The third-order valence-electron chi connectivity index (χ3n) is 5.63. The molecule has 5 aromatic rings. The number of aromatic hydroxyl groups is 1. The van der Waals surface area contributed by atoms with E-state index >= 15 is 0 Å². The van der Waals surface area contributed by atoms with Gasteiger partial charge in [0, 0.05) is 18.1 Å². The number of methoxy groups -OCH3 is 1. The number of rotatable bonds is 6. The Kier molecular flexibility index (Phi) is 6.70. The molecule has 0 saturated carbocycles. The summed E-state index contributed by atoms with van der Waals surface area (Å²) in [5, 5.41) is 36.7. The number of azo groups is 1. The van der Waals surface area contributed by atoms with E-state index in [4.69, 9.17) is 4.74 Å². The maximum atomic E-state index is 13.4. The first-order chi connectivity index (χ1) is 19.0. The molecule has 1 amide bonds. The molecule has 0 radical (unpaired) electrons. The van der Waals surface area contributed by atoms with Crippen molar-refractivity contribution < 1.29 is 19.4 Å². The molecular weight excluding hydrogens is 500 g/mol. The smallest absolute Gasteiger partial charge is 0.337 e. The van der Waals surface area contributed by atoms with Crippen molar-refractivity contribution in [3.8, 4) is 17.8 Å². The van der Waals surface area contributed by atoms with E-state index in [0.29, 0.717) is 16.5 Å². The van der Waals surface area contributed by atoms with Gasteiger partial charge in [-0.05, 0) is 47.2 Å². The second-order valence-electron chi connectivity index (χ2n) is 8.02. The van der Waals surface area contributed by atoms with E-state index in [1.54, 1.807) is 42.5 Å². The zero-order valence-corrected chi connectivity index (χ0v) is 20.3. The lowest BCUT2D eigenvalue weighted by molar-refractivity contribution is 0.0600. The van der Waals surface area contributed by atoms with E-state index in [1.165, 1.54) is 48.6 Å². The summed E-state index contributed by atoms with van der Waals surface area (Å²) in [5.41, 5.74) is 0.597. The topological polar surface area (TPSA) is 168 Å². The predicted octanol–water partition coefficient (Wildman–Crippen LogP) is 4.85. The summed E-state index contributed by atoms with van der Waals surface area (Å²) in [5.74, 6) is -1.53. The van der Waals surface area contributed by atoms with Gasteiger partial charge in [-0.15, -0.1) is 10.2 Å². The Balaban J connectivity index is 1.65. The molecule has 0 atom stereocenters. The van der Waals surface area contributed by atoms with Gasteiger partial charge >= 0.3 is 5.97 Å². The maximum absolute atomic E-state index is 13.4. The van der Waals surface area contributed by atoms with Crippen LogP contribution in [0.3, 0.4) is 0 Å². The molecule has 12 nitrogen and oxygen atoms in total.